The molecule has 0 bridgehead atoms. The number of nitrogens with zero attached hydrogens (tertiary/aromatic N) is 1. The fourth-order valence-electron chi connectivity index (χ4n) is 1.60. The van der Waals surface area contributed by atoms with Crippen LogP contribution in [0.15, 0.2) is 16.5 Å². The summed E-state index contributed by atoms with van der Waals surface area (Å²) < 4.78 is 10.6. The van der Waals surface area contributed by atoms with E-state index in [2.05, 4.69) is 0 Å². The Hall–Kier alpha value is -1.29. The first kappa shape index (κ1) is 9.27. The molecule has 2 rings (SSSR count). The summed E-state index contributed by atoms with van der Waals surface area (Å²) in [7, 11) is 1.95. The van der Waals surface area contributed by atoms with Gasteiger partial charge in [-0.1, -0.05) is 0 Å². The number of hydrogen-bond acceptors (Lipinski definition) is 4. The van der Waals surface area contributed by atoms with Gasteiger partial charge in [-0.3, -0.25) is 4.79 Å². The molecule has 1 atom stereocenters. The van der Waals surface area contributed by atoms with Gasteiger partial charge >= 0.3 is 0 Å². The molecule has 1 aliphatic heterocycles. The predicted molar refractivity (Wildman–Crippen MR) is 51.7 cm³/mol. The number of anilines is 1. The van der Waals surface area contributed by atoms with Crippen molar-refractivity contribution in [3.05, 3.63) is 17.9 Å². The van der Waals surface area contributed by atoms with Gasteiger partial charge in [0, 0.05) is 19.7 Å². The van der Waals surface area contributed by atoms with Gasteiger partial charge in [0.1, 0.15) is 0 Å². The lowest BCUT2D eigenvalue weighted by molar-refractivity contribution is 0.110. The van der Waals surface area contributed by atoms with Crippen LogP contribution in [0.1, 0.15) is 17.0 Å². The maximum atomic E-state index is 10.4. The van der Waals surface area contributed by atoms with Crippen molar-refractivity contribution in [1.29, 1.82) is 0 Å². The fraction of sp³-hybridized carbons (Fsp3) is 0.500. The Morgan fingerprint density at radius 3 is 3.00 bits per heavy atom. The maximum absolute atomic E-state index is 10.4. The molecule has 2 heterocycles. The largest absolute Gasteiger partial charge is 0.438 e. The maximum Gasteiger partial charge on any atom is 0.196 e. The minimum Gasteiger partial charge on any atom is -0.438 e. The van der Waals surface area contributed by atoms with E-state index in [-0.39, 0.29) is 0 Å². The van der Waals surface area contributed by atoms with Crippen LogP contribution in [0, 0.1) is 0 Å². The third kappa shape index (κ3) is 1.65. The van der Waals surface area contributed by atoms with Gasteiger partial charge in [-0.25, -0.2) is 0 Å². The number of carbonyl (C=O) groups is 1. The molecule has 1 fully saturated rings. The van der Waals surface area contributed by atoms with Crippen molar-refractivity contribution in [3.63, 3.8) is 0 Å². The van der Waals surface area contributed by atoms with Gasteiger partial charge in [0.15, 0.2) is 17.9 Å². The number of ether oxygens (including phenoxy) is 1. The highest BCUT2D eigenvalue weighted by Crippen LogP contribution is 2.21. The van der Waals surface area contributed by atoms with Crippen LogP contribution in [0.3, 0.4) is 0 Å². The second kappa shape index (κ2) is 3.84. The molecule has 76 valence electrons. The average Bonchev–Trinajstić information content (AvgIpc) is 2.88. The lowest BCUT2D eigenvalue weighted by atomic mass is 10.2. The summed E-state index contributed by atoms with van der Waals surface area (Å²) in [6, 6.07) is 3.84. The lowest BCUT2D eigenvalue weighted by Crippen LogP contribution is -2.31. The smallest absolute Gasteiger partial charge is 0.196 e. The zero-order valence-corrected chi connectivity index (χ0v) is 8.10. The number of hydrogen-bond donors (Lipinski definition) is 0. The third-order valence-electron chi connectivity index (χ3n) is 2.53. The summed E-state index contributed by atoms with van der Waals surface area (Å²) in [6.07, 6.45) is 1.72. The minimum absolute atomic E-state index is 0.362. The van der Waals surface area contributed by atoms with Crippen LogP contribution < -0.4 is 4.90 Å². The van der Waals surface area contributed by atoms with Gasteiger partial charge in [-0.15, -0.1) is 0 Å². The quantitative estimate of drug-likeness (QED) is 0.682. The molecule has 0 radical (unpaired) electrons. The van der Waals surface area contributed by atoms with E-state index in [1.165, 1.54) is 0 Å². The summed E-state index contributed by atoms with van der Waals surface area (Å²) in [6.45, 7) is 1.53. The summed E-state index contributed by atoms with van der Waals surface area (Å²) in [4.78, 5) is 12.4. The minimum atomic E-state index is 0.362. The van der Waals surface area contributed by atoms with Gasteiger partial charge in [-0.2, -0.15) is 0 Å². The Morgan fingerprint density at radius 2 is 2.43 bits per heavy atom. The van der Waals surface area contributed by atoms with E-state index in [9.17, 15) is 4.79 Å². The van der Waals surface area contributed by atoms with Crippen LogP contribution in [-0.2, 0) is 4.74 Å². The standard InChI is InChI=1S/C10H13NO3/c1-11(8-4-5-13-7-8)10-3-2-9(6-12)14-10/h2-3,6,8H,4-5,7H2,1H3. The van der Waals surface area contributed by atoms with E-state index >= 15 is 0 Å². The van der Waals surface area contributed by atoms with Gasteiger partial charge in [0.2, 0.25) is 0 Å². The van der Waals surface area contributed by atoms with Crippen molar-refractivity contribution in [2.75, 3.05) is 25.2 Å². The Kier molecular flexibility index (Phi) is 2.54. The lowest BCUT2D eigenvalue weighted by Gasteiger charge is -2.21. The number of aldehydes is 1. The highest BCUT2D eigenvalue weighted by molar-refractivity contribution is 5.71. The molecule has 1 aliphatic rings. The number of likely N-dealkylation sites (N-methyl/N-ethyl adjacent to an activating group) is 1. The predicted octanol–water partition coefficient (Wildman–Crippen LogP) is 1.32. The summed E-state index contributed by atoms with van der Waals surface area (Å²) in [5, 5.41) is 0. The van der Waals surface area contributed by atoms with Crippen LogP contribution in [-0.4, -0.2) is 32.6 Å². The van der Waals surface area contributed by atoms with Gasteiger partial charge in [0.25, 0.3) is 0 Å². The molecule has 0 saturated carbocycles. The van der Waals surface area contributed by atoms with E-state index in [1.807, 2.05) is 18.0 Å². The molecule has 1 aromatic heterocycles. The molecule has 0 aliphatic carbocycles. The first-order valence-corrected chi connectivity index (χ1v) is 4.67. The molecule has 1 unspecified atom stereocenters. The first-order chi connectivity index (χ1) is 6.81. The Labute approximate surface area is 82.4 Å². The molecule has 0 aromatic carbocycles. The van der Waals surface area contributed by atoms with E-state index in [0.29, 0.717) is 18.1 Å². The SMILES string of the molecule is CN(c1ccc(C=O)o1)C1CCOC1. The molecule has 1 aromatic rings. The summed E-state index contributed by atoms with van der Waals surface area (Å²) in [5.74, 6) is 1.09. The zero-order chi connectivity index (χ0) is 9.97. The highest BCUT2D eigenvalue weighted by Gasteiger charge is 2.22. The Morgan fingerprint density at radius 1 is 1.57 bits per heavy atom. The molecule has 14 heavy (non-hydrogen) atoms. The molecule has 0 amide bonds. The van der Waals surface area contributed by atoms with Gasteiger partial charge in [-0.05, 0) is 12.5 Å². The molecule has 0 spiro atoms. The van der Waals surface area contributed by atoms with E-state index in [4.69, 9.17) is 9.15 Å². The van der Waals surface area contributed by atoms with E-state index < -0.39 is 0 Å². The average molecular weight is 195 g/mol. The van der Waals surface area contributed by atoms with Gasteiger partial charge in [0.05, 0.1) is 12.6 Å². The Bertz CT molecular complexity index is 315. The van der Waals surface area contributed by atoms with Crippen LogP contribution in [0.4, 0.5) is 5.88 Å². The topological polar surface area (TPSA) is 42.7 Å². The van der Waals surface area contributed by atoms with Crippen molar-refractivity contribution in [2.24, 2.45) is 0 Å². The van der Waals surface area contributed by atoms with Crippen LogP contribution in [0.25, 0.3) is 0 Å². The van der Waals surface area contributed by atoms with Crippen molar-refractivity contribution in [3.8, 4) is 0 Å². The molecule has 4 heteroatoms. The van der Waals surface area contributed by atoms with Crippen molar-refractivity contribution >= 4 is 12.2 Å². The number of furan rings is 1. The fourth-order valence-corrected chi connectivity index (χ4v) is 1.60. The summed E-state index contributed by atoms with van der Waals surface area (Å²) in [5.41, 5.74) is 0. The monoisotopic (exact) mass is 195 g/mol. The van der Waals surface area contributed by atoms with E-state index in [0.717, 1.165) is 25.5 Å². The molecule has 1 saturated heterocycles. The molecular formula is C10H13NO3. The van der Waals surface area contributed by atoms with Crippen molar-refractivity contribution in [1.82, 2.24) is 0 Å². The highest BCUT2D eigenvalue weighted by atomic mass is 16.5. The van der Waals surface area contributed by atoms with Crippen molar-refractivity contribution < 1.29 is 13.9 Å². The Balaban J connectivity index is 2.09. The molecule has 0 N–H and O–H groups in total. The first-order valence-electron chi connectivity index (χ1n) is 4.67. The summed E-state index contributed by atoms with van der Waals surface area (Å²) >= 11 is 0. The van der Waals surface area contributed by atoms with Crippen LogP contribution >= 0.6 is 0 Å². The molecular weight excluding hydrogens is 182 g/mol. The van der Waals surface area contributed by atoms with Crippen LogP contribution in [0.2, 0.25) is 0 Å². The zero-order valence-electron chi connectivity index (χ0n) is 8.10. The molecule has 4 nitrogen and oxygen atoms in total. The normalized spacial score (nSPS) is 21.1. The number of carbonyl (C=O) groups excluding carboxylic acids is 1. The number of rotatable bonds is 3. The third-order valence-corrected chi connectivity index (χ3v) is 2.53. The van der Waals surface area contributed by atoms with Crippen LogP contribution in [0.5, 0.6) is 0 Å². The van der Waals surface area contributed by atoms with Crippen molar-refractivity contribution in [2.45, 2.75) is 12.5 Å². The second-order valence-corrected chi connectivity index (χ2v) is 3.42. The second-order valence-electron chi connectivity index (χ2n) is 3.42. The van der Waals surface area contributed by atoms with E-state index in [1.54, 1.807) is 6.07 Å². The van der Waals surface area contributed by atoms with Gasteiger partial charge < -0.3 is 14.1 Å².